The van der Waals surface area contributed by atoms with Crippen LogP contribution in [0.5, 0.6) is 0 Å². The zero-order valence-corrected chi connectivity index (χ0v) is 10.6. The Bertz CT molecular complexity index is 410. The molecule has 14 heavy (non-hydrogen) atoms. The highest BCUT2D eigenvalue weighted by Gasteiger charge is 2.31. The molecular formula is C7H4Br2N2O2S. The molecule has 1 aromatic heterocycles. The van der Waals surface area contributed by atoms with Gasteiger partial charge in [0.25, 0.3) is 11.9 Å². The lowest BCUT2D eigenvalue weighted by molar-refractivity contribution is -0.122. The third-order valence-electron chi connectivity index (χ3n) is 1.61. The number of hydrogen-bond acceptors (Lipinski definition) is 4. The zero-order chi connectivity index (χ0) is 10.3. The molecule has 1 atom stereocenters. The predicted molar refractivity (Wildman–Crippen MR) is 60.2 cm³/mol. The topological polar surface area (TPSA) is 64.7 Å². The number of ether oxygens (including phenoxy) is 1. The van der Waals surface area contributed by atoms with Crippen molar-refractivity contribution < 1.29 is 9.53 Å². The summed E-state index contributed by atoms with van der Waals surface area (Å²) in [5, 5.41) is 0. The van der Waals surface area contributed by atoms with Gasteiger partial charge in [-0.2, -0.15) is 4.99 Å². The number of nitrogens with two attached hydrogens (primary N) is 1. The van der Waals surface area contributed by atoms with Crippen molar-refractivity contribution in [3.05, 3.63) is 19.2 Å². The highest BCUT2D eigenvalue weighted by Crippen LogP contribution is 2.38. The molecule has 1 unspecified atom stereocenters. The standard InChI is InChI=1S/C7H4Br2N2O2S/c8-2-1-3(14-5(2)9)4-6(12)11-7(10)13-4/h1,4H,(H2,10,11,12). The molecule has 4 nitrogen and oxygen atoms in total. The minimum Gasteiger partial charge on any atom is -0.446 e. The van der Waals surface area contributed by atoms with Crippen molar-refractivity contribution in [2.45, 2.75) is 6.10 Å². The van der Waals surface area contributed by atoms with Gasteiger partial charge in [0.1, 0.15) is 0 Å². The lowest BCUT2D eigenvalue weighted by Crippen LogP contribution is -2.13. The Morgan fingerprint density at radius 2 is 2.29 bits per heavy atom. The minimum absolute atomic E-state index is 0.0688. The highest BCUT2D eigenvalue weighted by molar-refractivity contribution is 9.13. The fourth-order valence-electron chi connectivity index (χ4n) is 1.04. The van der Waals surface area contributed by atoms with Gasteiger partial charge in [-0.05, 0) is 37.9 Å². The summed E-state index contributed by atoms with van der Waals surface area (Å²) in [6.07, 6.45) is -0.678. The molecule has 1 aliphatic rings. The van der Waals surface area contributed by atoms with E-state index in [1.807, 2.05) is 6.07 Å². The summed E-state index contributed by atoms with van der Waals surface area (Å²) in [4.78, 5) is 15.6. The molecule has 0 saturated heterocycles. The van der Waals surface area contributed by atoms with E-state index >= 15 is 0 Å². The Kier molecular flexibility index (Phi) is 2.63. The molecule has 2 rings (SSSR count). The number of rotatable bonds is 1. The SMILES string of the molecule is NC1=NC(=O)C(c2cc(Br)c(Br)s2)O1. The van der Waals surface area contributed by atoms with Crippen LogP contribution >= 0.6 is 43.2 Å². The molecule has 0 aromatic carbocycles. The summed E-state index contributed by atoms with van der Waals surface area (Å²) >= 11 is 8.07. The van der Waals surface area contributed by atoms with E-state index < -0.39 is 6.10 Å². The zero-order valence-electron chi connectivity index (χ0n) is 6.66. The predicted octanol–water partition coefficient (Wildman–Crippen LogP) is 2.19. The second kappa shape index (κ2) is 3.63. The van der Waals surface area contributed by atoms with Gasteiger partial charge in [-0.15, -0.1) is 11.3 Å². The maximum Gasteiger partial charge on any atom is 0.296 e. The molecular weight excluding hydrogens is 336 g/mol. The van der Waals surface area contributed by atoms with Crippen molar-refractivity contribution in [1.82, 2.24) is 0 Å². The Morgan fingerprint density at radius 3 is 2.71 bits per heavy atom. The van der Waals surface area contributed by atoms with Crippen LogP contribution in [0, 0.1) is 0 Å². The Labute approximate surface area is 100 Å². The first kappa shape index (κ1) is 10.1. The van der Waals surface area contributed by atoms with Crippen LogP contribution in [0.1, 0.15) is 11.0 Å². The minimum atomic E-state index is -0.678. The number of carbonyl (C=O) groups is 1. The second-order valence-electron chi connectivity index (χ2n) is 2.56. The van der Waals surface area contributed by atoms with Gasteiger partial charge in [0.15, 0.2) is 0 Å². The lowest BCUT2D eigenvalue weighted by Gasteiger charge is -2.03. The van der Waals surface area contributed by atoms with Crippen LogP contribution in [0.4, 0.5) is 0 Å². The highest BCUT2D eigenvalue weighted by atomic mass is 79.9. The van der Waals surface area contributed by atoms with Crippen molar-refractivity contribution in [3.63, 3.8) is 0 Å². The smallest absolute Gasteiger partial charge is 0.296 e. The number of amides is 1. The van der Waals surface area contributed by atoms with Crippen LogP contribution in [-0.2, 0) is 9.53 Å². The van der Waals surface area contributed by atoms with E-state index in [2.05, 4.69) is 36.9 Å². The van der Waals surface area contributed by atoms with Crippen molar-refractivity contribution in [2.75, 3.05) is 0 Å². The van der Waals surface area contributed by atoms with Gasteiger partial charge in [0.05, 0.1) is 8.66 Å². The molecule has 1 aromatic rings. The quantitative estimate of drug-likeness (QED) is 0.852. The van der Waals surface area contributed by atoms with Crippen LogP contribution in [0.15, 0.2) is 19.3 Å². The molecule has 2 heterocycles. The molecule has 0 fully saturated rings. The molecule has 1 amide bonds. The van der Waals surface area contributed by atoms with Crippen molar-refractivity contribution in [2.24, 2.45) is 10.7 Å². The maximum atomic E-state index is 11.3. The van der Waals surface area contributed by atoms with Crippen molar-refractivity contribution in [1.29, 1.82) is 0 Å². The number of thiophene rings is 1. The van der Waals surface area contributed by atoms with Gasteiger partial charge in [0.2, 0.25) is 6.10 Å². The molecule has 0 bridgehead atoms. The van der Waals surface area contributed by atoms with E-state index in [-0.39, 0.29) is 11.9 Å². The number of aliphatic imine (C=N–C) groups is 1. The fraction of sp³-hybridized carbons (Fsp3) is 0.143. The summed E-state index contributed by atoms with van der Waals surface area (Å²) < 4.78 is 6.87. The molecule has 1 aliphatic heterocycles. The molecule has 0 radical (unpaired) electrons. The summed E-state index contributed by atoms with van der Waals surface area (Å²) in [7, 11) is 0. The van der Waals surface area contributed by atoms with Crippen LogP contribution in [0.3, 0.4) is 0 Å². The van der Waals surface area contributed by atoms with Crippen molar-refractivity contribution in [3.8, 4) is 0 Å². The number of amidine groups is 1. The van der Waals surface area contributed by atoms with E-state index in [1.54, 1.807) is 0 Å². The van der Waals surface area contributed by atoms with E-state index in [9.17, 15) is 4.79 Å². The largest absolute Gasteiger partial charge is 0.446 e. The van der Waals surface area contributed by atoms with Crippen molar-refractivity contribution >= 4 is 55.1 Å². The Balaban J connectivity index is 2.30. The summed E-state index contributed by atoms with van der Waals surface area (Å²) in [5.74, 6) is -0.358. The number of carbonyl (C=O) groups excluding carboxylic acids is 1. The third-order valence-corrected chi connectivity index (χ3v) is 4.91. The van der Waals surface area contributed by atoms with Gasteiger partial charge >= 0.3 is 0 Å². The molecule has 0 spiro atoms. The van der Waals surface area contributed by atoms with Crippen LogP contribution in [0.25, 0.3) is 0 Å². The van der Waals surface area contributed by atoms with Gasteiger partial charge in [-0.25, -0.2) is 0 Å². The molecule has 0 aliphatic carbocycles. The normalized spacial score (nSPS) is 20.9. The average molecular weight is 340 g/mol. The summed E-state index contributed by atoms with van der Waals surface area (Å²) in [5.41, 5.74) is 5.29. The van der Waals surface area contributed by atoms with E-state index in [4.69, 9.17) is 10.5 Å². The van der Waals surface area contributed by atoms with Crippen LogP contribution in [0.2, 0.25) is 0 Å². The summed E-state index contributed by atoms with van der Waals surface area (Å²) in [6.45, 7) is 0. The third kappa shape index (κ3) is 1.71. The van der Waals surface area contributed by atoms with E-state index in [0.29, 0.717) is 0 Å². The monoisotopic (exact) mass is 338 g/mol. The molecule has 2 N–H and O–H groups in total. The molecule has 7 heteroatoms. The second-order valence-corrected chi connectivity index (χ2v) is 5.81. The number of halogens is 2. The molecule has 0 saturated carbocycles. The fourth-order valence-corrected chi connectivity index (χ4v) is 3.15. The van der Waals surface area contributed by atoms with Crippen LogP contribution < -0.4 is 5.73 Å². The number of nitrogens with zero attached hydrogens (tertiary/aromatic N) is 1. The van der Waals surface area contributed by atoms with E-state index in [0.717, 1.165) is 13.1 Å². The van der Waals surface area contributed by atoms with Gasteiger partial charge in [-0.3, -0.25) is 4.79 Å². The lowest BCUT2D eigenvalue weighted by atomic mass is 10.3. The van der Waals surface area contributed by atoms with Gasteiger partial charge < -0.3 is 10.5 Å². The van der Waals surface area contributed by atoms with Gasteiger partial charge in [0, 0.05) is 4.47 Å². The summed E-state index contributed by atoms with van der Waals surface area (Å²) in [6, 6.07) is 1.74. The Morgan fingerprint density at radius 1 is 1.57 bits per heavy atom. The first-order chi connectivity index (χ1) is 6.58. The average Bonchev–Trinajstić information content (AvgIpc) is 2.57. The van der Waals surface area contributed by atoms with E-state index in [1.165, 1.54) is 11.3 Å². The molecule has 74 valence electrons. The maximum absolute atomic E-state index is 11.3. The first-order valence-corrected chi connectivity index (χ1v) is 5.97. The van der Waals surface area contributed by atoms with Crippen LogP contribution in [-0.4, -0.2) is 11.9 Å². The van der Waals surface area contributed by atoms with Gasteiger partial charge in [-0.1, -0.05) is 0 Å². The number of hydrogen-bond donors (Lipinski definition) is 1. The Hall–Kier alpha value is -0.400. The first-order valence-electron chi connectivity index (χ1n) is 3.57.